The zero-order valence-electron chi connectivity index (χ0n) is 24.7. The van der Waals surface area contributed by atoms with Crippen LogP contribution in [0.2, 0.25) is 0 Å². The fourth-order valence-electron chi connectivity index (χ4n) is 5.19. The molecule has 0 fully saturated rings. The molecule has 0 spiro atoms. The Balaban J connectivity index is 1.46. The molecule has 2 atom stereocenters. The third-order valence-corrected chi connectivity index (χ3v) is 7.87. The van der Waals surface area contributed by atoms with E-state index in [4.69, 9.17) is 4.74 Å². The van der Waals surface area contributed by atoms with Gasteiger partial charge in [0.05, 0.1) is 17.8 Å². The molecule has 0 saturated carbocycles. The van der Waals surface area contributed by atoms with E-state index in [0.29, 0.717) is 40.2 Å². The lowest BCUT2D eigenvalue weighted by molar-refractivity contribution is -0.127. The number of amides is 3. The normalized spacial score (nSPS) is 18.9. The molecule has 0 radical (unpaired) electrons. The molecule has 11 heteroatoms. The van der Waals surface area contributed by atoms with Crippen LogP contribution in [-0.4, -0.2) is 70.2 Å². The third kappa shape index (κ3) is 5.82. The van der Waals surface area contributed by atoms with Gasteiger partial charge in [0.25, 0.3) is 11.8 Å². The number of hydrogen-bond donors (Lipinski definition) is 4. The van der Waals surface area contributed by atoms with Gasteiger partial charge < -0.3 is 30.5 Å². The lowest BCUT2D eigenvalue weighted by Crippen LogP contribution is -2.48. The summed E-state index contributed by atoms with van der Waals surface area (Å²) in [6.07, 6.45) is 0. The second-order valence-corrected chi connectivity index (χ2v) is 12.3. The molecule has 0 aliphatic carbocycles. The van der Waals surface area contributed by atoms with Crippen molar-refractivity contribution >= 4 is 17.7 Å². The van der Waals surface area contributed by atoms with E-state index in [0.717, 1.165) is 5.56 Å². The van der Waals surface area contributed by atoms with Crippen LogP contribution >= 0.6 is 0 Å². The molecule has 10 nitrogen and oxygen atoms in total. The summed E-state index contributed by atoms with van der Waals surface area (Å²) in [4.78, 5) is 44.9. The Bertz CT molecular complexity index is 1620. The highest BCUT2D eigenvalue weighted by molar-refractivity contribution is 6.01. The smallest absolute Gasteiger partial charge is 0.254 e. The summed E-state index contributed by atoms with van der Waals surface area (Å²) < 4.78 is 19.8. The van der Waals surface area contributed by atoms with Crippen LogP contribution in [0.4, 0.5) is 4.39 Å². The van der Waals surface area contributed by atoms with Crippen molar-refractivity contribution < 1.29 is 33.7 Å². The standard InChI is InChI=1S/C32H35FN4O6/c1-30(2,41)15-35-29(40)31(3)17-43-26-23(31)13-24(36-25(26)18-6-9-21(33)10-7-18)32(4,42)16-34-27(38)19-8-11-22-20(12-19)14-37(5)28(22)39/h6-13,41-42H,14-17H2,1-5H3,(H,34,38)(H,35,40)/t31-,32-/m0/s1. The van der Waals surface area contributed by atoms with E-state index < -0.39 is 28.3 Å². The second-order valence-electron chi connectivity index (χ2n) is 12.3. The molecule has 2 aliphatic rings. The molecule has 2 aliphatic heterocycles. The van der Waals surface area contributed by atoms with Crippen LogP contribution in [0.5, 0.6) is 5.75 Å². The monoisotopic (exact) mass is 590 g/mol. The summed E-state index contributed by atoms with van der Waals surface area (Å²) >= 11 is 0. The van der Waals surface area contributed by atoms with Crippen LogP contribution in [0.3, 0.4) is 0 Å². The van der Waals surface area contributed by atoms with Crippen LogP contribution in [-0.2, 0) is 22.4 Å². The van der Waals surface area contributed by atoms with Crippen molar-refractivity contribution in [1.82, 2.24) is 20.5 Å². The van der Waals surface area contributed by atoms with Crippen molar-refractivity contribution in [3.05, 3.63) is 82.3 Å². The lowest BCUT2D eigenvalue weighted by Gasteiger charge is -2.28. The minimum Gasteiger partial charge on any atom is -0.489 e. The third-order valence-electron chi connectivity index (χ3n) is 7.87. The van der Waals surface area contributed by atoms with Gasteiger partial charge in [-0.05, 0) is 81.8 Å². The fourth-order valence-corrected chi connectivity index (χ4v) is 5.19. The number of hydrogen-bond acceptors (Lipinski definition) is 7. The maximum Gasteiger partial charge on any atom is 0.254 e. The molecule has 4 N–H and O–H groups in total. The number of nitrogens with one attached hydrogen (secondary N) is 2. The van der Waals surface area contributed by atoms with Gasteiger partial charge in [0.2, 0.25) is 5.91 Å². The van der Waals surface area contributed by atoms with E-state index in [1.165, 1.54) is 31.2 Å². The number of ether oxygens (including phenoxy) is 1. The predicted molar refractivity (Wildman–Crippen MR) is 156 cm³/mol. The van der Waals surface area contributed by atoms with Gasteiger partial charge in [-0.25, -0.2) is 9.37 Å². The Kier molecular flexibility index (Phi) is 7.52. The van der Waals surface area contributed by atoms with Gasteiger partial charge in [-0.3, -0.25) is 14.4 Å². The minimum atomic E-state index is -1.69. The zero-order chi connectivity index (χ0) is 31.3. The summed E-state index contributed by atoms with van der Waals surface area (Å²) in [5.41, 5.74) is -0.927. The van der Waals surface area contributed by atoms with Crippen molar-refractivity contribution in [2.75, 3.05) is 26.7 Å². The number of pyridine rings is 1. The Labute approximate surface area is 248 Å². The number of aliphatic hydroxyl groups is 2. The van der Waals surface area contributed by atoms with E-state index in [1.54, 1.807) is 57.0 Å². The van der Waals surface area contributed by atoms with Crippen molar-refractivity contribution in [3.63, 3.8) is 0 Å². The summed E-state index contributed by atoms with van der Waals surface area (Å²) in [5, 5.41) is 27.3. The van der Waals surface area contributed by atoms with Crippen LogP contribution < -0.4 is 15.4 Å². The Hall–Kier alpha value is -4.35. The largest absolute Gasteiger partial charge is 0.489 e. The first kappa shape index (κ1) is 30.1. The summed E-state index contributed by atoms with van der Waals surface area (Å²) in [6.45, 7) is 6.52. The molecule has 0 bridgehead atoms. The van der Waals surface area contributed by atoms with Gasteiger partial charge in [-0.15, -0.1) is 0 Å². The van der Waals surface area contributed by atoms with E-state index in [9.17, 15) is 29.0 Å². The molecule has 2 aromatic carbocycles. The molecular formula is C32H35FN4O6. The maximum atomic E-state index is 13.8. The van der Waals surface area contributed by atoms with Crippen LogP contribution in [0, 0.1) is 5.82 Å². The van der Waals surface area contributed by atoms with Gasteiger partial charge >= 0.3 is 0 Å². The summed E-state index contributed by atoms with van der Waals surface area (Å²) in [5.74, 6) is -1.04. The molecule has 43 heavy (non-hydrogen) atoms. The highest BCUT2D eigenvalue weighted by Crippen LogP contribution is 2.45. The zero-order valence-corrected chi connectivity index (χ0v) is 24.7. The van der Waals surface area contributed by atoms with Crippen LogP contribution in [0.15, 0.2) is 48.5 Å². The van der Waals surface area contributed by atoms with Crippen LogP contribution in [0.1, 0.15) is 65.2 Å². The van der Waals surface area contributed by atoms with Crippen molar-refractivity contribution in [2.24, 2.45) is 0 Å². The van der Waals surface area contributed by atoms with Gasteiger partial charge in [0.1, 0.15) is 34.9 Å². The van der Waals surface area contributed by atoms with E-state index in [2.05, 4.69) is 15.6 Å². The average molecular weight is 591 g/mol. The number of benzene rings is 2. The number of halogens is 1. The van der Waals surface area contributed by atoms with E-state index >= 15 is 0 Å². The molecule has 0 unspecified atom stereocenters. The Morgan fingerprint density at radius 2 is 1.77 bits per heavy atom. The first-order chi connectivity index (χ1) is 20.1. The SMILES string of the molecule is CN1Cc2cc(C(=O)NC[C@](C)(O)c3cc4c(c(-c5ccc(F)cc5)n3)OC[C@]4(C)C(=O)NCC(C)(C)O)ccc2C1=O. The first-order valence-electron chi connectivity index (χ1n) is 13.9. The average Bonchev–Trinajstić information content (AvgIpc) is 3.45. The lowest BCUT2D eigenvalue weighted by atomic mass is 9.81. The molecule has 3 heterocycles. The molecule has 0 saturated heterocycles. The Morgan fingerprint density at radius 3 is 2.44 bits per heavy atom. The molecular weight excluding hydrogens is 555 g/mol. The topological polar surface area (TPSA) is 141 Å². The number of nitrogens with zero attached hydrogens (tertiary/aromatic N) is 2. The number of carbonyl (C=O) groups excluding carboxylic acids is 3. The summed E-state index contributed by atoms with van der Waals surface area (Å²) in [7, 11) is 1.69. The fraction of sp³-hybridized carbons (Fsp3) is 0.375. The van der Waals surface area contributed by atoms with Crippen LogP contribution in [0.25, 0.3) is 11.3 Å². The van der Waals surface area contributed by atoms with Crippen molar-refractivity contribution in [3.8, 4) is 17.0 Å². The van der Waals surface area contributed by atoms with Crippen molar-refractivity contribution in [2.45, 2.75) is 50.9 Å². The molecule has 1 aromatic heterocycles. The first-order valence-corrected chi connectivity index (χ1v) is 13.9. The maximum absolute atomic E-state index is 13.8. The highest BCUT2D eigenvalue weighted by atomic mass is 19.1. The molecule has 3 amide bonds. The predicted octanol–water partition coefficient (Wildman–Crippen LogP) is 2.65. The van der Waals surface area contributed by atoms with Gasteiger partial charge in [-0.2, -0.15) is 0 Å². The number of aromatic nitrogens is 1. The quantitative estimate of drug-likeness (QED) is 0.316. The summed E-state index contributed by atoms with van der Waals surface area (Å²) in [6, 6.07) is 12.0. The van der Waals surface area contributed by atoms with Gasteiger partial charge in [0, 0.05) is 42.4 Å². The number of carbonyl (C=O) groups is 3. The molecule has 5 rings (SSSR count). The van der Waals surface area contributed by atoms with E-state index in [1.807, 2.05) is 0 Å². The van der Waals surface area contributed by atoms with Crippen molar-refractivity contribution in [1.29, 1.82) is 0 Å². The second kappa shape index (κ2) is 10.7. The Morgan fingerprint density at radius 1 is 1.07 bits per heavy atom. The number of rotatable bonds is 8. The number of fused-ring (bicyclic) bond motifs is 2. The van der Waals surface area contributed by atoms with E-state index in [-0.39, 0.29) is 37.2 Å². The van der Waals surface area contributed by atoms with Gasteiger partial charge in [-0.1, -0.05) is 0 Å². The minimum absolute atomic E-state index is 0.0103. The molecule has 226 valence electrons. The molecule has 3 aromatic rings. The van der Waals surface area contributed by atoms with Gasteiger partial charge in [0.15, 0.2) is 0 Å². The highest BCUT2D eigenvalue weighted by Gasteiger charge is 2.46.